The Bertz CT molecular complexity index is 939. The van der Waals surface area contributed by atoms with Gasteiger partial charge in [-0.1, -0.05) is 48.9 Å². The van der Waals surface area contributed by atoms with Gasteiger partial charge in [-0.25, -0.2) is 0 Å². The minimum Gasteiger partial charge on any atom is -0.384 e. The highest BCUT2D eigenvalue weighted by molar-refractivity contribution is 6.30. The van der Waals surface area contributed by atoms with Gasteiger partial charge in [0.1, 0.15) is 6.10 Å². The second-order valence-corrected chi connectivity index (χ2v) is 7.50. The molecule has 3 aromatic rings. The van der Waals surface area contributed by atoms with E-state index < -0.39 is 6.10 Å². The lowest BCUT2D eigenvalue weighted by Crippen LogP contribution is -2.30. The summed E-state index contributed by atoms with van der Waals surface area (Å²) in [4.78, 5) is 6.69. The van der Waals surface area contributed by atoms with Crippen molar-refractivity contribution in [3.63, 3.8) is 0 Å². The number of hydrogen-bond donors (Lipinski definition) is 1. The van der Waals surface area contributed by atoms with E-state index in [4.69, 9.17) is 11.6 Å². The topological polar surface area (TPSA) is 36.4 Å². The van der Waals surface area contributed by atoms with Gasteiger partial charge in [0.25, 0.3) is 0 Å². The minimum absolute atomic E-state index is 0.667. The molecule has 1 aromatic heterocycles. The molecule has 0 fully saturated rings. The number of rotatable bonds is 4. The van der Waals surface area contributed by atoms with Gasteiger partial charge >= 0.3 is 0 Å². The third-order valence-corrected chi connectivity index (χ3v) is 5.55. The van der Waals surface area contributed by atoms with Crippen molar-refractivity contribution in [3.8, 4) is 0 Å². The van der Waals surface area contributed by atoms with Crippen LogP contribution in [0.5, 0.6) is 0 Å². The number of aliphatic hydroxyl groups excluding tert-OH is 1. The van der Waals surface area contributed by atoms with Crippen molar-refractivity contribution in [1.82, 2.24) is 4.98 Å². The van der Waals surface area contributed by atoms with Gasteiger partial charge in [0.15, 0.2) is 0 Å². The molecule has 1 aliphatic heterocycles. The van der Waals surface area contributed by atoms with E-state index in [9.17, 15) is 5.11 Å². The SMILES string of the molecule is CCc1ccc(C(O)c2cncc(N3CCc4cc(Cl)ccc4C3)c2)cc1. The molecule has 0 amide bonds. The molecule has 0 aliphatic carbocycles. The molecular weight excluding hydrogens is 356 g/mol. The second-order valence-electron chi connectivity index (χ2n) is 7.06. The van der Waals surface area contributed by atoms with Gasteiger partial charge < -0.3 is 10.0 Å². The zero-order valence-electron chi connectivity index (χ0n) is 15.4. The third kappa shape index (κ3) is 3.85. The lowest BCUT2D eigenvalue weighted by atomic mass is 9.98. The molecule has 1 unspecified atom stereocenters. The number of hydrogen-bond acceptors (Lipinski definition) is 3. The fourth-order valence-electron chi connectivity index (χ4n) is 3.64. The fourth-order valence-corrected chi connectivity index (χ4v) is 3.83. The largest absolute Gasteiger partial charge is 0.384 e. The number of aliphatic hydroxyl groups is 1. The zero-order valence-corrected chi connectivity index (χ0v) is 16.2. The van der Waals surface area contributed by atoms with E-state index in [1.165, 1.54) is 16.7 Å². The molecule has 3 nitrogen and oxygen atoms in total. The third-order valence-electron chi connectivity index (χ3n) is 5.31. The van der Waals surface area contributed by atoms with E-state index in [2.05, 4.69) is 41.1 Å². The molecule has 138 valence electrons. The van der Waals surface area contributed by atoms with Crippen molar-refractivity contribution in [2.75, 3.05) is 11.4 Å². The minimum atomic E-state index is -0.667. The maximum atomic E-state index is 10.8. The Hall–Kier alpha value is -2.36. The van der Waals surface area contributed by atoms with Crippen LogP contribution in [0.2, 0.25) is 5.02 Å². The van der Waals surface area contributed by atoms with Crippen molar-refractivity contribution < 1.29 is 5.11 Å². The highest BCUT2D eigenvalue weighted by atomic mass is 35.5. The first kappa shape index (κ1) is 18.0. The van der Waals surface area contributed by atoms with E-state index in [0.29, 0.717) is 0 Å². The summed E-state index contributed by atoms with van der Waals surface area (Å²) in [6.07, 6.45) is 4.91. The molecule has 4 rings (SSSR count). The highest BCUT2D eigenvalue weighted by Crippen LogP contribution is 2.29. The molecular formula is C23H23ClN2O. The molecule has 2 aromatic carbocycles. The van der Waals surface area contributed by atoms with E-state index in [1.54, 1.807) is 6.20 Å². The maximum absolute atomic E-state index is 10.8. The van der Waals surface area contributed by atoms with Crippen LogP contribution in [0.4, 0.5) is 5.69 Å². The van der Waals surface area contributed by atoms with Crippen LogP contribution >= 0.6 is 11.6 Å². The van der Waals surface area contributed by atoms with Crippen LogP contribution in [0.15, 0.2) is 60.9 Å². The Kier molecular flexibility index (Phi) is 5.15. The predicted molar refractivity (Wildman–Crippen MR) is 110 cm³/mol. The molecule has 2 heterocycles. The molecule has 27 heavy (non-hydrogen) atoms. The molecule has 0 saturated heterocycles. The van der Waals surface area contributed by atoms with Crippen LogP contribution in [0.25, 0.3) is 0 Å². The average molecular weight is 379 g/mol. The summed E-state index contributed by atoms with van der Waals surface area (Å²) >= 11 is 6.11. The van der Waals surface area contributed by atoms with Crippen molar-refractivity contribution in [1.29, 1.82) is 0 Å². The summed E-state index contributed by atoms with van der Waals surface area (Å²) < 4.78 is 0. The first-order valence-corrected chi connectivity index (χ1v) is 9.76. The van der Waals surface area contributed by atoms with Crippen LogP contribution in [0.1, 0.15) is 40.8 Å². The Morgan fingerprint density at radius 3 is 2.63 bits per heavy atom. The molecule has 1 atom stereocenters. The number of pyridine rings is 1. The quantitative estimate of drug-likeness (QED) is 0.698. The fraction of sp³-hybridized carbons (Fsp3) is 0.261. The van der Waals surface area contributed by atoms with Gasteiger partial charge in [-0.05, 0) is 53.3 Å². The van der Waals surface area contributed by atoms with E-state index >= 15 is 0 Å². The van der Waals surface area contributed by atoms with Crippen molar-refractivity contribution >= 4 is 17.3 Å². The molecule has 0 bridgehead atoms. The maximum Gasteiger partial charge on any atom is 0.106 e. The Labute approximate surface area is 165 Å². The van der Waals surface area contributed by atoms with Crippen LogP contribution < -0.4 is 4.90 Å². The Balaban J connectivity index is 1.56. The number of halogens is 1. The first-order chi connectivity index (χ1) is 13.1. The predicted octanol–water partition coefficient (Wildman–Crippen LogP) is 4.94. The van der Waals surface area contributed by atoms with Crippen LogP contribution in [0.3, 0.4) is 0 Å². The number of aromatic nitrogens is 1. The lowest BCUT2D eigenvalue weighted by molar-refractivity contribution is 0.220. The van der Waals surface area contributed by atoms with Gasteiger partial charge in [-0.15, -0.1) is 0 Å². The summed E-state index contributed by atoms with van der Waals surface area (Å²) in [6, 6.07) is 16.3. The average Bonchev–Trinajstić information content (AvgIpc) is 2.73. The van der Waals surface area contributed by atoms with Gasteiger partial charge in [0.05, 0.1) is 11.9 Å². The number of benzene rings is 2. The smallest absolute Gasteiger partial charge is 0.106 e. The number of aryl methyl sites for hydroxylation is 1. The second kappa shape index (κ2) is 7.71. The van der Waals surface area contributed by atoms with Gasteiger partial charge in [-0.3, -0.25) is 4.98 Å². The zero-order chi connectivity index (χ0) is 18.8. The molecule has 0 radical (unpaired) electrons. The normalized spacial score (nSPS) is 14.7. The van der Waals surface area contributed by atoms with Crippen molar-refractivity contribution in [2.45, 2.75) is 32.4 Å². The van der Waals surface area contributed by atoms with Crippen LogP contribution in [0, 0.1) is 0 Å². The van der Waals surface area contributed by atoms with Gasteiger partial charge in [0.2, 0.25) is 0 Å². The van der Waals surface area contributed by atoms with Gasteiger partial charge in [0, 0.05) is 29.9 Å². The molecule has 1 N–H and O–H groups in total. The van der Waals surface area contributed by atoms with E-state index in [-0.39, 0.29) is 0 Å². The highest BCUT2D eigenvalue weighted by Gasteiger charge is 2.19. The lowest BCUT2D eigenvalue weighted by Gasteiger charge is -2.31. The summed E-state index contributed by atoms with van der Waals surface area (Å²) in [7, 11) is 0. The van der Waals surface area contributed by atoms with E-state index in [1.807, 2.05) is 30.5 Å². The van der Waals surface area contributed by atoms with Crippen LogP contribution in [-0.2, 0) is 19.4 Å². The van der Waals surface area contributed by atoms with Gasteiger partial charge in [-0.2, -0.15) is 0 Å². The summed E-state index contributed by atoms with van der Waals surface area (Å²) in [5, 5.41) is 11.6. The molecule has 0 spiro atoms. The molecule has 4 heteroatoms. The number of fused-ring (bicyclic) bond motifs is 1. The summed E-state index contributed by atoms with van der Waals surface area (Å²) in [5.74, 6) is 0. The van der Waals surface area contributed by atoms with Crippen molar-refractivity contribution in [3.05, 3.63) is 93.8 Å². The number of anilines is 1. The first-order valence-electron chi connectivity index (χ1n) is 9.38. The standard InChI is InChI=1S/C23H23ClN2O/c1-2-16-3-5-17(6-4-16)23(27)20-12-22(14-25-13-20)26-10-9-18-11-21(24)8-7-19(18)15-26/h3-8,11-14,23,27H,2,9-10,15H2,1H3. The molecule has 1 aliphatic rings. The molecule has 0 saturated carbocycles. The number of nitrogens with zero attached hydrogens (tertiary/aromatic N) is 2. The van der Waals surface area contributed by atoms with E-state index in [0.717, 1.165) is 47.8 Å². The monoisotopic (exact) mass is 378 g/mol. The summed E-state index contributed by atoms with van der Waals surface area (Å²) in [5.41, 5.74) is 6.64. The van der Waals surface area contributed by atoms with Crippen LogP contribution in [-0.4, -0.2) is 16.6 Å². The Morgan fingerprint density at radius 1 is 1.04 bits per heavy atom. The van der Waals surface area contributed by atoms with Crippen molar-refractivity contribution in [2.24, 2.45) is 0 Å². The Morgan fingerprint density at radius 2 is 1.85 bits per heavy atom. The summed E-state index contributed by atoms with van der Waals surface area (Å²) in [6.45, 7) is 3.88.